The van der Waals surface area contributed by atoms with Crippen LogP contribution in [0.1, 0.15) is 32.4 Å². The van der Waals surface area contributed by atoms with Crippen LogP contribution in [0.15, 0.2) is 66.1 Å². The molecule has 3 saturated heterocycles. The van der Waals surface area contributed by atoms with Gasteiger partial charge in [0.05, 0.1) is 12.2 Å². The van der Waals surface area contributed by atoms with E-state index in [1.807, 2.05) is 12.1 Å². The number of pyridine rings is 1. The fourth-order valence-corrected chi connectivity index (χ4v) is 5.96. The summed E-state index contributed by atoms with van der Waals surface area (Å²) in [7, 11) is 2.19. The third-order valence-electron chi connectivity index (χ3n) is 8.21. The summed E-state index contributed by atoms with van der Waals surface area (Å²) in [5, 5.41) is 14.2. The molecule has 7 rings (SSSR count). The van der Waals surface area contributed by atoms with Gasteiger partial charge in [-0.1, -0.05) is 12.1 Å². The second kappa shape index (κ2) is 10.2. The summed E-state index contributed by atoms with van der Waals surface area (Å²) in [6, 6.07) is 14.2. The number of nitrogens with zero attached hydrogens (tertiary/aromatic N) is 7. The van der Waals surface area contributed by atoms with Crippen LogP contribution in [-0.4, -0.2) is 67.0 Å². The second-order valence-electron chi connectivity index (χ2n) is 11.3. The lowest BCUT2D eigenvalue weighted by Crippen LogP contribution is -2.56. The molecule has 3 aliphatic heterocycles. The van der Waals surface area contributed by atoms with Crippen LogP contribution in [0, 0.1) is 5.92 Å². The number of benzene rings is 1. The summed E-state index contributed by atoms with van der Waals surface area (Å²) >= 11 is 0. The molecule has 0 spiro atoms. The van der Waals surface area contributed by atoms with E-state index < -0.39 is 5.60 Å². The lowest BCUT2D eigenvalue weighted by molar-refractivity contribution is 0.0738. The number of allylic oxidation sites excluding steroid dienone is 1. The first kappa shape index (κ1) is 26.2. The zero-order valence-electron chi connectivity index (χ0n) is 23.3. The summed E-state index contributed by atoms with van der Waals surface area (Å²) in [5.41, 5.74) is 1.57. The van der Waals surface area contributed by atoms with Crippen LogP contribution < -0.4 is 15.8 Å². The van der Waals surface area contributed by atoms with Gasteiger partial charge in [-0.2, -0.15) is 4.98 Å². The number of anilines is 3. The average molecular weight is 541 g/mol. The Kier molecular flexibility index (Phi) is 6.67. The first-order valence-electron chi connectivity index (χ1n) is 13.8. The summed E-state index contributed by atoms with van der Waals surface area (Å²) in [6.45, 7) is 11.0. The van der Waals surface area contributed by atoms with Gasteiger partial charge in [0.15, 0.2) is 11.5 Å². The molecule has 3 fully saturated rings. The number of piperidine rings is 3. The minimum Gasteiger partial charge on any atom is -0.384 e. The van der Waals surface area contributed by atoms with E-state index in [9.17, 15) is 9.90 Å². The first-order valence-corrected chi connectivity index (χ1v) is 13.8. The average Bonchev–Trinajstić information content (AvgIpc) is 3.24. The van der Waals surface area contributed by atoms with Crippen LogP contribution in [0.5, 0.6) is 0 Å². The van der Waals surface area contributed by atoms with Gasteiger partial charge in [0.2, 0.25) is 5.95 Å². The minimum atomic E-state index is -1.14. The van der Waals surface area contributed by atoms with E-state index in [4.69, 9.17) is 4.98 Å². The number of rotatable bonds is 8. The van der Waals surface area contributed by atoms with Crippen molar-refractivity contribution < 1.29 is 5.11 Å². The van der Waals surface area contributed by atoms with Crippen molar-refractivity contribution in [1.82, 2.24) is 29.2 Å². The lowest BCUT2D eigenvalue weighted by Gasteiger charge is -2.48. The zero-order chi connectivity index (χ0) is 28.0. The molecule has 1 unspecified atom stereocenters. The highest BCUT2D eigenvalue weighted by molar-refractivity contribution is 5.77. The quantitative estimate of drug-likeness (QED) is 0.327. The molecule has 3 aliphatic rings. The van der Waals surface area contributed by atoms with Crippen molar-refractivity contribution in [2.24, 2.45) is 5.92 Å². The molecule has 2 N–H and O–H groups in total. The predicted octanol–water partition coefficient (Wildman–Crippen LogP) is 3.66. The minimum absolute atomic E-state index is 0.239. The molecule has 1 aromatic carbocycles. The van der Waals surface area contributed by atoms with Crippen molar-refractivity contribution in [3.8, 4) is 5.82 Å². The van der Waals surface area contributed by atoms with E-state index in [0.29, 0.717) is 34.5 Å². The molecule has 10 nitrogen and oxygen atoms in total. The zero-order valence-corrected chi connectivity index (χ0v) is 23.3. The van der Waals surface area contributed by atoms with Gasteiger partial charge in [-0.3, -0.25) is 4.79 Å². The molecule has 0 amide bonds. The van der Waals surface area contributed by atoms with Crippen LogP contribution in [0.2, 0.25) is 0 Å². The third kappa shape index (κ3) is 4.77. The van der Waals surface area contributed by atoms with Crippen LogP contribution in [0.25, 0.3) is 16.9 Å². The van der Waals surface area contributed by atoms with Gasteiger partial charge in [-0.15, -0.1) is 6.58 Å². The number of aliphatic hydroxyl groups is 1. The monoisotopic (exact) mass is 540 g/mol. The van der Waals surface area contributed by atoms with Gasteiger partial charge in [-0.25, -0.2) is 19.3 Å². The maximum Gasteiger partial charge on any atom is 0.278 e. The molecular formula is C30H36N8O2. The molecule has 0 radical (unpaired) electrons. The molecule has 0 saturated carbocycles. The van der Waals surface area contributed by atoms with E-state index in [1.54, 1.807) is 49.0 Å². The van der Waals surface area contributed by atoms with Crippen molar-refractivity contribution in [2.75, 3.05) is 36.9 Å². The topological polar surface area (TPSA) is 104 Å². The summed E-state index contributed by atoms with van der Waals surface area (Å²) in [5.74, 6) is 1.60. The fourth-order valence-electron chi connectivity index (χ4n) is 5.96. The van der Waals surface area contributed by atoms with E-state index in [-0.39, 0.29) is 12.1 Å². The molecule has 6 heterocycles. The molecule has 3 aromatic heterocycles. The Balaban J connectivity index is 1.30. The highest BCUT2D eigenvalue weighted by Gasteiger charge is 2.36. The van der Waals surface area contributed by atoms with Crippen LogP contribution in [0.3, 0.4) is 0 Å². The molecule has 1 atom stereocenters. The summed E-state index contributed by atoms with van der Waals surface area (Å²) in [6.07, 6.45) is 5.76. The maximum absolute atomic E-state index is 13.3. The van der Waals surface area contributed by atoms with Crippen molar-refractivity contribution in [2.45, 2.75) is 44.9 Å². The maximum atomic E-state index is 13.3. The lowest BCUT2D eigenvalue weighted by atomic mass is 9.83. The molecule has 0 aliphatic carbocycles. The summed E-state index contributed by atoms with van der Waals surface area (Å²) < 4.78 is 3.18. The van der Waals surface area contributed by atoms with E-state index in [1.165, 1.54) is 36.3 Å². The Bertz CT molecular complexity index is 1590. The first-order chi connectivity index (χ1) is 19.2. The van der Waals surface area contributed by atoms with Gasteiger partial charge in [0.25, 0.3) is 5.56 Å². The van der Waals surface area contributed by atoms with E-state index in [2.05, 4.69) is 50.8 Å². The standard InChI is InChI=1S/C30H36N8O2/c1-5-15-37-28(39)23-18-31-29(34-27(23)38(37)26-8-6-7-25(33-26)30(2,3)40)32-21-9-11-22(12-10-21)35(4)24-19-36-16-13-20(24)14-17-36/h5-12,18,20,24,40H,1,13-17,19H2,2-4H3,(H,31,32,34). The molecule has 4 aromatic rings. The van der Waals surface area contributed by atoms with Crippen molar-refractivity contribution in [1.29, 1.82) is 0 Å². The summed E-state index contributed by atoms with van der Waals surface area (Å²) in [4.78, 5) is 32.0. The molecular weight excluding hydrogens is 504 g/mol. The number of likely N-dealkylation sites (N-methyl/N-ethyl adjacent to an activating group) is 1. The number of hydrogen-bond acceptors (Lipinski definition) is 8. The molecule has 40 heavy (non-hydrogen) atoms. The van der Waals surface area contributed by atoms with Crippen molar-refractivity contribution in [3.05, 3.63) is 77.4 Å². The van der Waals surface area contributed by atoms with E-state index in [0.717, 1.165) is 18.2 Å². The normalized spacial score (nSPS) is 20.6. The fraction of sp³-hybridized carbons (Fsp3) is 0.400. The molecule has 2 bridgehead atoms. The van der Waals surface area contributed by atoms with Gasteiger partial charge >= 0.3 is 0 Å². The van der Waals surface area contributed by atoms with Gasteiger partial charge < -0.3 is 20.2 Å². The number of aromatic nitrogens is 5. The van der Waals surface area contributed by atoms with Crippen molar-refractivity contribution >= 4 is 28.4 Å². The number of hydrogen-bond donors (Lipinski definition) is 2. The Morgan fingerprint density at radius 1 is 1.15 bits per heavy atom. The van der Waals surface area contributed by atoms with Crippen LogP contribution in [0.4, 0.5) is 17.3 Å². The Morgan fingerprint density at radius 2 is 1.90 bits per heavy atom. The highest BCUT2D eigenvalue weighted by atomic mass is 16.3. The number of nitrogens with one attached hydrogen (secondary N) is 1. The van der Waals surface area contributed by atoms with Gasteiger partial charge in [0.1, 0.15) is 11.0 Å². The molecule has 208 valence electrons. The smallest absolute Gasteiger partial charge is 0.278 e. The van der Waals surface area contributed by atoms with Crippen molar-refractivity contribution in [3.63, 3.8) is 0 Å². The Hall–Kier alpha value is -4.02. The second-order valence-corrected chi connectivity index (χ2v) is 11.3. The highest BCUT2D eigenvalue weighted by Crippen LogP contribution is 2.33. The third-order valence-corrected chi connectivity index (χ3v) is 8.21. The Labute approximate surface area is 233 Å². The van der Waals surface area contributed by atoms with Gasteiger partial charge in [0, 0.05) is 37.2 Å². The van der Waals surface area contributed by atoms with Crippen LogP contribution >= 0.6 is 0 Å². The largest absolute Gasteiger partial charge is 0.384 e. The predicted molar refractivity (Wildman–Crippen MR) is 157 cm³/mol. The van der Waals surface area contributed by atoms with E-state index >= 15 is 0 Å². The molecule has 10 heteroatoms. The SMILES string of the molecule is C=CCn1c(=O)c2cnc(Nc3ccc(N(C)C4CN5CCC4CC5)cc3)nc2n1-c1cccc(C(C)(C)O)n1. The number of fused-ring (bicyclic) bond motifs is 4. The van der Waals surface area contributed by atoms with Crippen LogP contribution in [-0.2, 0) is 12.1 Å². The Morgan fingerprint density at radius 3 is 2.55 bits per heavy atom. The van der Waals surface area contributed by atoms with Gasteiger partial charge in [-0.05, 0) is 82.1 Å².